The van der Waals surface area contributed by atoms with E-state index in [0.29, 0.717) is 13.1 Å². The van der Waals surface area contributed by atoms with Gasteiger partial charge < -0.3 is 14.4 Å². The Kier molecular flexibility index (Phi) is 6.51. The number of Topliss-reactive ketones (excluding diaryl/α,β-unsaturated/α-hetero) is 1. The van der Waals surface area contributed by atoms with Crippen molar-refractivity contribution in [1.29, 1.82) is 5.41 Å². The Morgan fingerprint density at radius 3 is 2.28 bits per heavy atom. The van der Waals surface area contributed by atoms with Crippen LogP contribution in [0.4, 0.5) is 24.2 Å². The molecular weight excluding hydrogens is 539 g/mol. The fourth-order valence-corrected chi connectivity index (χ4v) is 3.91. The van der Waals surface area contributed by atoms with E-state index in [1.807, 2.05) is 0 Å². The Morgan fingerprint density at radius 1 is 1.08 bits per heavy atom. The molecule has 3 aromatic rings. The summed E-state index contributed by atoms with van der Waals surface area (Å²) >= 11 is 6.04. The number of ether oxygens (including phenoxy) is 2. The van der Waals surface area contributed by atoms with Gasteiger partial charge in [-0.2, -0.15) is 4.52 Å². The molecule has 2 heterocycles. The number of carbonyl (C=O) groups is 2. The summed E-state index contributed by atoms with van der Waals surface area (Å²) in [5, 5.41) is 15.7. The number of rotatable bonds is 8. The van der Waals surface area contributed by atoms with Crippen molar-refractivity contribution in [2.45, 2.75) is 25.3 Å². The molecule has 198 valence electrons. The molecule has 1 N–H and O–H groups in total. The van der Waals surface area contributed by atoms with Crippen LogP contribution >= 0.6 is 21.8 Å². The Hall–Kier alpha value is -3.40. The molecule has 36 heavy (non-hydrogen) atoms. The molecule has 0 aliphatic carbocycles. The zero-order chi connectivity index (χ0) is 27.1. The smallest absolute Gasteiger partial charge is 0.415 e. The zero-order valence-electron chi connectivity index (χ0n) is 19.0. The fraction of sp³-hybridized carbons (Fsp3) is 0.316. The van der Waals surface area contributed by atoms with Crippen molar-refractivity contribution in [2.24, 2.45) is 0 Å². The lowest BCUT2D eigenvalue weighted by Crippen LogP contribution is -2.33. The van der Waals surface area contributed by atoms with Crippen molar-refractivity contribution in [1.82, 2.24) is 24.3 Å². The third kappa shape index (κ3) is 5.70. The second-order valence-electron chi connectivity index (χ2n) is 7.38. The van der Waals surface area contributed by atoms with Gasteiger partial charge in [0.25, 0.3) is 0 Å². The molecule has 0 fully saturated rings. The first kappa shape index (κ1) is 27.2. The molecule has 1 amide bonds. The Labute approximate surface area is 205 Å². The van der Waals surface area contributed by atoms with E-state index in [1.54, 1.807) is 13.8 Å². The predicted molar refractivity (Wildman–Crippen MR) is 120 cm³/mol. The molecule has 0 spiro atoms. The van der Waals surface area contributed by atoms with Crippen molar-refractivity contribution >= 4 is 39.3 Å². The SMILES string of the molecule is CCN(CC)C(=O)Oc1cc2nn(CC(=O)c3cc(OC)cc(S(F)(F)(F)(F)F)c3)c(=N)n2nc1Cl. The van der Waals surface area contributed by atoms with E-state index < -0.39 is 50.5 Å². The van der Waals surface area contributed by atoms with Crippen LogP contribution in [-0.2, 0) is 6.54 Å². The first-order chi connectivity index (χ1) is 16.5. The number of amides is 1. The summed E-state index contributed by atoms with van der Waals surface area (Å²) in [5.74, 6) is -1.86. The van der Waals surface area contributed by atoms with Gasteiger partial charge in [0.2, 0.25) is 5.62 Å². The van der Waals surface area contributed by atoms with Gasteiger partial charge in [-0.05, 0) is 26.0 Å². The monoisotopic (exact) mass is 558 g/mol. The van der Waals surface area contributed by atoms with Gasteiger partial charge in [0.1, 0.15) is 17.2 Å². The van der Waals surface area contributed by atoms with Crippen LogP contribution in [0, 0.1) is 5.41 Å². The van der Waals surface area contributed by atoms with E-state index in [0.717, 1.165) is 22.4 Å². The van der Waals surface area contributed by atoms with Gasteiger partial charge in [-0.15, -0.1) is 10.2 Å². The number of nitrogens with zero attached hydrogens (tertiary/aromatic N) is 5. The summed E-state index contributed by atoms with van der Waals surface area (Å²) < 4.78 is 78.1. The molecule has 10 nitrogen and oxygen atoms in total. The average molecular weight is 559 g/mol. The van der Waals surface area contributed by atoms with Crippen molar-refractivity contribution in [3.63, 3.8) is 0 Å². The van der Waals surface area contributed by atoms with E-state index in [-0.39, 0.29) is 28.7 Å². The minimum absolute atomic E-state index is 0.0201. The molecule has 0 saturated carbocycles. The Balaban J connectivity index is 1.97. The average Bonchev–Trinajstić information content (AvgIpc) is 3.07. The summed E-state index contributed by atoms with van der Waals surface area (Å²) in [6.45, 7) is 3.38. The van der Waals surface area contributed by atoms with Gasteiger partial charge in [0.05, 0.1) is 7.11 Å². The van der Waals surface area contributed by atoms with Crippen LogP contribution in [0.15, 0.2) is 29.2 Å². The lowest BCUT2D eigenvalue weighted by atomic mass is 10.1. The molecule has 0 aliphatic rings. The van der Waals surface area contributed by atoms with Crippen molar-refractivity contribution in [3.8, 4) is 11.5 Å². The van der Waals surface area contributed by atoms with Gasteiger partial charge in [-0.1, -0.05) is 31.0 Å². The highest BCUT2D eigenvalue weighted by Crippen LogP contribution is 3.02. The number of carbonyl (C=O) groups excluding carboxylic acids is 2. The molecule has 0 atom stereocenters. The van der Waals surface area contributed by atoms with Crippen molar-refractivity contribution < 1.29 is 38.5 Å². The maximum atomic E-state index is 13.3. The third-order valence-electron chi connectivity index (χ3n) is 4.93. The largest absolute Gasteiger partial charge is 0.497 e. The maximum Gasteiger partial charge on any atom is 0.415 e. The summed E-state index contributed by atoms with van der Waals surface area (Å²) in [5.41, 5.74) is -1.34. The number of halogens is 6. The minimum Gasteiger partial charge on any atom is -0.497 e. The molecule has 1 aromatic carbocycles. The summed E-state index contributed by atoms with van der Waals surface area (Å²) in [6.07, 6.45) is -0.716. The molecule has 0 saturated heterocycles. The lowest BCUT2D eigenvalue weighted by molar-refractivity contribution is 0.0965. The van der Waals surface area contributed by atoms with Crippen LogP contribution in [-0.4, -0.2) is 56.4 Å². The van der Waals surface area contributed by atoms with Crippen molar-refractivity contribution in [2.75, 3.05) is 20.2 Å². The second kappa shape index (κ2) is 8.62. The number of hydrogen-bond donors (Lipinski definition) is 1. The van der Waals surface area contributed by atoms with Crippen LogP contribution in [0.2, 0.25) is 5.15 Å². The number of aromatic nitrogens is 4. The molecule has 2 aromatic heterocycles. The molecule has 0 bridgehead atoms. The third-order valence-corrected chi connectivity index (χ3v) is 6.32. The van der Waals surface area contributed by atoms with Crippen LogP contribution in [0.3, 0.4) is 0 Å². The molecule has 0 unspecified atom stereocenters. The molecule has 17 heteroatoms. The normalized spacial score (nSPS) is 13.7. The van der Waals surface area contributed by atoms with Crippen molar-refractivity contribution in [3.05, 3.63) is 40.6 Å². The van der Waals surface area contributed by atoms with E-state index in [1.165, 1.54) is 11.0 Å². The lowest BCUT2D eigenvalue weighted by Gasteiger charge is -2.40. The first-order valence-corrected chi connectivity index (χ1v) is 12.4. The highest BCUT2D eigenvalue weighted by atomic mass is 35.5. The van der Waals surface area contributed by atoms with E-state index in [2.05, 4.69) is 14.9 Å². The summed E-state index contributed by atoms with van der Waals surface area (Å²) in [4.78, 5) is 23.9. The standard InChI is InChI=1S/C19H20ClF5N6O4S/c1-4-29(5-2)19(33)35-15-9-16-27-30(18(26)31(16)28-17(15)20)10-14(32)11-6-12(34-3)8-13(7-11)36(21,22,23,24)25/h6-9,26H,4-5,10H2,1-3H3. The van der Waals surface area contributed by atoms with Gasteiger partial charge in [0, 0.05) is 30.8 Å². The van der Waals surface area contributed by atoms with Gasteiger partial charge >= 0.3 is 16.3 Å². The van der Waals surface area contributed by atoms with Gasteiger partial charge in [-0.3, -0.25) is 10.2 Å². The molecular formula is C19H20ClF5N6O4S. The number of fused-ring (bicyclic) bond motifs is 1. The van der Waals surface area contributed by atoms with E-state index in [9.17, 15) is 29.0 Å². The van der Waals surface area contributed by atoms with Gasteiger partial charge in [-0.25, -0.2) is 9.48 Å². The minimum atomic E-state index is -10.1. The summed E-state index contributed by atoms with van der Waals surface area (Å²) in [6, 6.07) is 2.15. The zero-order valence-corrected chi connectivity index (χ0v) is 20.5. The Bertz CT molecular complexity index is 1420. The highest BCUT2D eigenvalue weighted by Gasteiger charge is 2.65. The molecule has 3 rings (SSSR count). The maximum absolute atomic E-state index is 13.3. The molecule has 0 aliphatic heterocycles. The van der Waals surface area contributed by atoms with Crippen LogP contribution in [0.5, 0.6) is 11.5 Å². The van der Waals surface area contributed by atoms with Crippen LogP contribution in [0.1, 0.15) is 24.2 Å². The number of hydrogen-bond acceptors (Lipinski definition) is 7. The first-order valence-electron chi connectivity index (χ1n) is 10.1. The summed E-state index contributed by atoms with van der Waals surface area (Å²) in [7, 11) is -9.16. The number of methoxy groups -OCH3 is 1. The highest BCUT2D eigenvalue weighted by molar-refractivity contribution is 8.45. The number of benzene rings is 1. The van der Waals surface area contributed by atoms with Crippen LogP contribution < -0.4 is 15.1 Å². The van der Waals surface area contributed by atoms with Gasteiger partial charge in [0.15, 0.2) is 22.3 Å². The predicted octanol–water partition coefficient (Wildman–Crippen LogP) is 5.05. The quantitative estimate of drug-likeness (QED) is 0.305. The number of ketones is 1. The Morgan fingerprint density at radius 2 is 1.72 bits per heavy atom. The molecule has 0 radical (unpaired) electrons. The number of nitrogens with one attached hydrogen (secondary N) is 1. The van der Waals surface area contributed by atoms with E-state index in [4.69, 9.17) is 21.7 Å². The van der Waals surface area contributed by atoms with Crippen LogP contribution in [0.25, 0.3) is 5.65 Å². The fourth-order valence-electron chi connectivity index (χ4n) is 3.06. The topological polar surface area (TPSA) is 115 Å². The second-order valence-corrected chi connectivity index (χ2v) is 10.1. The van der Waals surface area contributed by atoms with E-state index >= 15 is 0 Å².